The largest absolute Gasteiger partial charge is 0.318 e. The molecule has 2 heterocycles. The van der Waals surface area contributed by atoms with E-state index in [9.17, 15) is 9.18 Å². The molecule has 6 nitrogen and oxygen atoms in total. The number of hydrogen-bond donors (Lipinski definition) is 1. The van der Waals surface area contributed by atoms with Crippen molar-refractivity contribution >= 4 is 23.2 Å². The maximum Gasteiger partial charge on any atom is 0.277 e. The molecule has 124 valence electrons. The Labute approximate surface area is 142 Å². The molecule has 8 heteroatoms. The third-order valence-electron chi connectivity index (χ3n) is 3.38. The molecule has 0 radical (unpaired) electrons. The Morgan fingerprint density at radius 2 is 2.17 bits per heavy atom. The van der Waals surface area contributed by atoms with Crippen molar-refractivity contribution in [1.82, 2.24) is 19.6 Å². The van der Waals surface area contributed by atoms with Gasteiger partial charge in [0.05, 0.1) is 23.5 Å². The van der Waals surface area contributed by atoms with Gasteiger partial charge in [0.25, 0.3) is 5.91 Å². The minimum atomic E-state index is -0.405. The minimum Gasteiger partial charge on any atom is -0.318 e. The van der Waals surface area contributed by atoms with Gasteiger partial charge in [-0.3, -0.25) is 14.2 Å². The van der Waals surface area contributed by atoms with Crippen molar-refractivity contribution in [2.24, 2.45) is 0 Å². The third kappa shape index (κ3) is 3.62. The fourth-order valence-corrected chi connectivity index (χ4v) is 2.48. The van der Waals surface area contributed by atoms with Gasteiger partial charge in [0, 0.05) is 18.9 Å². The van der Waals surface area contributed by atoms with E-state index in [0.717, 1.165) is 5.56 Å². The van der Waals surface area contributed by atoms with Crippen LogP contribution in [0.3, 0.4) is 0 Å². The number of anilines is 1. The molecule has 3 rings (SSSR count). The number of carbonyl (C=O) groups excluding carboxylic acids is 1. The number of rotatable bonds is 5. The van der Waals surface area contributed by atoms with E-state index in [4.69, 9.17) is 11.6 Å². The summed E-state index contributed by atoms with van der Waals surface area (Å²) in [5, 5.41) is 11.3. The van der Waals surface area contributed by atoms with Crippen LogP contribution in [0, 0.1) is 5.82 Å². The summed E-state index contributed by atoms with van der Waals surface area (Å²) in [4.78, 5) is 12.2. The lowest BCUT2D eigenvalue weighted by atomic mass is 10.2. The molecule has 1 amide bonds. The normalized spacial score (nSPS) is 10.8. The van der Waals surface area contributed by atoms with E-state index in [2.05, 4.69) is 15.5 Å². The number of benzene rings is 1. The van der Waals surface area contributed by atoms with Crippen LogP contribution >= 0.6 is 11.6 Å². The van der Waals surface area contributed by atoms with Gasteiger partial charge in [-0.25, -0.2) is 4.39 Å². The molecule has 0 fully saturated rings. The molecule has 0 unspecified atom stereocenters. The highest BCUT2D eigenvalue weighted by Gasteiger charge is 2.16. The maximum atomic E-state index is 13.2. The number of amides is 1. The molecule has 0 saturated heterocycles. The lowest BCUT2D eigenvalue weighted by Gasteiger charge is -2.02. The van der Waals surface area contributed by atoms with Crippen molar-refractivity contribution in [2.45, 2.75) is 20.0 Å². The van der Waals surface area contributed by atoms with Crippen molar-refractivity contribution < 1.29 is 9.18 Å². The minimum absolute atomic E-state index is 0.163. The Balaban J connectivity index is 1.69. The van der Waals surface area contributed by atoms with E-state index in [0.29, 0.717) is 23.8 Å². The first-order chi connectivity index (χ1) is 11.5. The van der Waals surface area contributed by atoms with Gasteiger partial charge < -0.3 is 5.32 Å². The monoisotopic (exact) mass is 347 g/mol. The van der Waals surface area contributed by atoms with Crippen LogP contribution in [-0.2, 0) is 13.1 Å². The Hall–Kier alpha value is -2.67. The number of halogens is 2. The lowest BCUT2D eigenvalue weighted by molar-refractivity contribution is 0.102. The summed E-state index contributed by atoms with van der Waals surface area (Å²) < 4.78 is 16.4. The predicted molar refractivity (Wildman–Crippen MR) is 88.6 cm³/mol. The first-order valence-corrected chi connectivity index (χ1v) is 7.74. The molecule has 1 N–H and O–H groups in total. The standard InChI is InChI=1S/C16H15ClFN5O/c1-2-22-10-14(17)15(21-22)16(24)20-13-7-19-23(9-13)8-11-4-3-5-12(18)6-11/h3-7,9-10H,2,8H2,1H3,(H,20,24). The number of carbonyl (C=O) groups is 1. The molecule has 24 heavy (non-hydrogen) atoms. The van der Waals surface area contributed by atoms with Gasteiger partial charge in [-0.2, -0.15) is 10.2 Å². The number of nitrogens with one attached hydrogen (secondary N) is 1. The molecule has 0 saturated carbocycles. The first-order valence-electron chi connectivity index (χ1n) is 7.36. The van der Waals surface area contributed by atoms with Crippen LogP contribution in [0.2, 0.25) is 5.02 Å². The zero-order valence-corrected chi connectivity index (χ0v) is 13.7. The van der Waals surface area contributed by atoms with Crippen LogP contribution < -0.4 is 5.32 Å². The van der Waals surface area contributed by atoms with Crippen molar-refractivity contribution in [3.8, 4) is 0 Å². The summed E-state index contributed by atoms with van der Waals surface area (Å²) >= 11 is 6.01. The molecule has 0 bridgehead atoms. The van der Waals surface area contributed by atoms with Gasteiger partial charge in [0.2, 0.25) is 0 Å². The van der Waals surface area contributed by atoms with Crippen LogP contribution in [0.4, 0.5) is 10.1 Å². The fourth-order valence-electron chi connectivity index (χ4n) is 2.24. The Bertz CT molecular complexity index is 873. The maximum absolute atomic E-state index is 13.2. The smallest absolute Gasteiger partial charge is 0.277 e. The highest BCUT2D eigenvalue weighted by atomic mass is 35.5. The summed E-state index contributed by atoms with van der Waals surface area (Å²) in [7, 11) is 0. The van der Waals surface area contributed by atoms with Gasteiger partial charge in [-0.15, -0.1) is 0 Å². The van der Waals surface area contributed by atoms with E-state index < -0.39 is 5.91 Å². The van der Waals surface area contributed by atoms with E-state index in [-0.39, 0.29) is 11.5 Å². The summed E-state index contributed by atoms with van der Waals surface area (Å²) in [6.07, 6.45) is 4.78. The molecule has 0 atom stereocenters. The van der Waals surface area contributed by atoms with Crippen LogP contribution in [0.1, 0.15) is 23.0 Å². The molecule has 0 aliphatic heterocycles. The molecule has 0 spiro atoms. The third-order valence-corrected chi connectivity index (χ3v) is 3.66. The highest BCUT2D eigenvalue weighted by molar-refractivity contribution is 6.34. The van der Waals surface area contributed by atoms with Gasteiger partial charge in [0.1, 0.15) is 5.82 Å². The second-order valence-corrected chi connectivity index (χ2v) is 5.60. The first kappa shape index (κ1) is 16.2. The zero-order valence-electron chi connectivity index (χ0n) is 12.9. The molecule has 0 aliphatic carbocycles. The second kappa shape index (κ2) is 6.84. The quantitative estimate of drug-likeness (QED) is 0.770. The van der Waals surface area contributed by atoms with Crippen molar-refractivity contribution in [3.63, 3.8) is 0 Å². The second-order valence-electron chi connectivity index (χ2n) is 5.19. The van der Waals surface area contributed by atoms with Crippen LogP contribution in [0.15, 0.2) is 42.9 Å². The molecule has 1 aromatic carbocycles. The van der Waals surface area contributed by atoms with Gasteiger partial charge in [-0.05, 0) is 24.6 Å². The topological polar surface area (TPSA) is 64.7 Å². The molecule has 0 aliphatic rings. The molecule has 2 aromatic heterocycles. The fraction of sp³-hybridized carbons (Fsp3) is 0.188. The van der Waals surface area contributed by atoms with Crippen LogP contribution in [-0.4, -0.2) is 25.5 Å². The molecular weight excluding hydrogens is 333 g/mol. The molecular formula is C16H15ClFN5O. The average molecular weight is 348 g/mol. The summed E-state index contributed by atoms with van der Waals surface area (Å²) in [5.74, 6) is -0.702. The van der Waals surface area contributed by atoms with Crippen molar-refractivity contribution in [3.05, 3.63) is 65.0 Å². The van der Waals surface area contributed by atoms with Crippen molar-refractivity contribution in [2.75, 3.05) is 5.32 Å². The van der Waals surface area contributed by atoms with E-state index in [1.165, 1.54) is 18.3 Å². The average Bonchev–Trinajstić information content (AvgIpc) is 3.13. The molecule has 3 aromatic rings. The lowest BCUT2D eigenvalue weighted by Crippen LogP contribution is -2.13. The van der Waals surface area contributed by atoms with E-state index in [1.807, 2.05) is 6.92 Å². The van der Waals surface area contributed by atoms with Crippen LogP contribution in [0.5, 0.6) is 0 Å². The Morgan fingerprint density at radius 3 is 2.88 bits per heavy atom. The number of aryl methyl sites for hydroxylation is 1. The van der Waals surface area contributed by atoms with Gasteiger partial charge >= 0.3 is 0 Å². The van der Waals surface area contributed by atoms with Crippen molar-refractivity contribution in [1.29, 1.82) is 0 Å². The zero-order chi connectivity index (χ0) is 17.1. The number of nitrogens with zero attached hydrogens (tertiary/aromatic N) is 4. The van der Waals surface area contributed by atoms with Gasteiger partial charge in [0.15, 0.2) is 5.69 Å². The van der Waals surface area contributed by atoms with E-state index >= 15 is 0 Å². The summed E-state index contributed by atoms with van der Waals surface area (Å²) in [6, 6.07) is 6.28. The summed E-state index contributed by atoms with van der Waals surface area (Å²) in [6.45, 7) is 2.93. The predicted octanol–water partition coefficient (Wildman–Crippen LogP) is 3.19. The van der Waals surface area contributed by atoms with Crippen LogP contribution in [0.25, 0.3) is 0 Å². The number of aromatic nitrogens is 4. The van der Waals surface area contributed by atoms with Gasteiger partial charge in [-0.1, -0.05) is 23.7 Å². The highest BCUT2D eigenvalue weighted by Crippen LogP contribution is 2.16. The number of hydrogen-bond acceptors (Lipinski definition) is 3. The Morgan fingerprint density at radius 1 is 1.33 bits per heavy atom. The summed E-state index contributed by atoms with van der Waals surface area (Å²) in [5.41, 5.74) is 1.45. The Kier molecular flexibility index (Phi) is 4.61. The van der Waals surface area contributed by atoms with E-state index in [1.54, 1.807) is 33.9 Å². The SMILES string of the molecule is CCn1cc(Cl)c(C(=O)Nc2cnn(Cc3cccc(F)c3)c2)n1.